The topological polar surface area (TPSA) is 55.1 Å². The van der Waals surface area contributed by atoms with Crippen molar-refractivity contribution in [1.82, 2.24) is 5.32 Å². The maximum atomic E-state index is 12.4. The Hall–Kier alpha value is -0.870. The lowest BCUT2D eigenvalue weighted by molar-refractivity contribution is -0.128. The summed E-state index contributed by atoms with van der Waals surface area (Å²) in [6, 6.07) is 4.19. The van der Waals surface area contributed by atoms with E-state index in [-0.39, 0.29) is 22.8 Å². The van der Waals surface area contributed by atoms with Crippen molar-refractivity contribution in [2.75, 3.05) is 6.54 Å². The first kappa shape index (κ1) is 15.5. The number of carbonyl (C=O) groups excluding carboxylic acids is 1. The first-order valence-corrected chi connectivity index (χ1v) is 8.31. The molecular formula is C16H26N2OS. The lowest BCUT2D eigenvalue weighted by atomic mass is 9.74. The Morgan fingerprint density at radius 2 is 2.30 bits per heavy atom. The fourth-order valence-electron chi connectivity index (χ4n) is 2.97. The van der Waals surface area contributed by atoms with Gasteiger partial charge in [0.2, 0.25) is 5.91 Å². The van der Waals surface area contributed by atoms with Gasteiger partial charge in [-0.3, -0.25) is 4.79 Å². The van der Waals surface area contributed by atoms with Crippen LogP contribution in [0.4, 0.5) is 0 Å². The van der Waals surface area contributed by atoms with Crippen molar-refractivity contribution in [3.63, 3.8) is 0 Å². The molecule has 0 radical (unpaired) electrons. The molecule has 1 aromatic heterocycles. The molecule has 3 nitrogen and oxygen atoms in total. The number of carbonyl (C=O) groups is 1. The maximum absolute atomic E-state index is 12.4. The zero-order valence-corrected chi connectivity index (χ0v) is 13.6. The van der Waals surface area contributed by atoms with Gasteiger partial charge < -0.3 is 11.1 Å². The second-order valence-corrected chi connectivity index (χ2v) is 7.83. The molecule has 2 atom stereocenters. The van der Waals surface area contributed by atoms with Gasteiger partial charge in [-0.05, 0) is 31.2 Å². The van der Waals surface area contributed by atoms with Gasteiger partial charge in [-0.1, -0.05) is 32.8 Å². The highest BCUT2D eigenvalue weighted by Gasteiger charge is 2.38. The van der Waals surface area contributed by atoms with Crippen molar-refractivity contribution in [1.29, 1.82) is 0 Å². The van der Waals surface area contributed by atoms with Crippen LogP contribution >= 0.6 is 11.3 Å². The Bertz CT molecular complexity index is 451. The molecule has 1 amide bonds. The maximum Gasteiger partial charge on any atom is 0.224 e. The molecule has 0 saturated heterocycles. The van der Waals surface area contributed by atoms with E-state index in [1.54, 1.807) is 11.3 Å². The minimum atomic E-state index is -0.352. The van der Waals surface area contributed by atoms with Crippen LogP contribution in [0.1, 0.15) is 51.3 Å². The molecule has 0 bridgehead atoms. The van der Waals surface area contributed by atoms with E-state index < -0.39 is 0 Å². The average Bonchev–Trinajstić information content (AvgIpc) is 2.90. The summed E-state index contributed by atoms with van der Waals surface area (Å²) in [4.78, 5) is 13.7. The normalized spacial score (nSPS) is 27.3. The third-order valence-electron chi connectivity index (χ3n) is 4.46. The van der Waals surface area contributed by atoms with Crippen molar-refractivity contribution < 1.29 is 4.79 Å². The van der Waals surface area contributed by atoms with Gasteiger partial charge in [0.25, 0.3) is 0 Å². The molecule has 1 aromatic rings. The summed E-state index contributed by atoms with van der Waals surface area (Å²) >= 11 is 1.74. The van der Waals surface area contributed by atoms with E-state index in [0.29, 0.717) is 6.54 Å². The number of hydrogen-bond donors (Lipinski definition) is 2. The third-order valence-corrected chi connectivity index (χ3v) is 5.70. The number of rotatable bonds is 4. The van der Waals surface area contributed by atoms with Gasteiger partial charge in [-0.15, -0.1) is 11.3 Å². The first-order chi connectivity index (χ1) is 9.33. The van der Waals surface area contributed by atoms with Crippen LogP contribution in [0.25, 0.3) is 0 Å². The number of amides is 1. The number of thiophene rings is 1. The van der Waals surface area contributed by atoms with Crippen LogP contribution in [0.2, 0.25) is 0 Å². The molecule has 112 valence electrons. The lowest BCUT2D eigenvalue weighted by Gasteiger charge is -2.38. The van der Waals surface area contributed by atoms with Crippen molar-refractivity contribution in [3.8, 4) is 0 Å². The molecule has 4 heteroatoms. The summed E-state index contributed by atoms with van der Waals surface area (Å²) in [7, 11) is 0. The molecule has 1 fully saturated rings. The van der Waals surface area contributed by atoms with Gasteiger partial charge in [0.15, 0.2) is 0 Å². The van der Waals surface area contributed by atoms with Crippen LogP contribution in [0.3, 0.4) is 0 Å². The van der Waals surface area contributed by atoms with E-state index in [1.165, 1.54) is 4.88 Å². The highest BCUT2D eigenvalue weighted by Crippen LogP contribution is 2.32. The number of nitrogens with two attached hydrogens (primary N) is 1. The zero-order chi connectivity index (χ0) is 14.8. The van der Waals surface area contributed by atoms with E-state index in [9.17, 15) is 4.79 Å². The monoisotopic (exact) mass is 294 g/mol. The molecule has 0 spiro atoms. The summed E-state index contributed by atoms with van der Waals surface area (Å²) in [5.41, 5.74) is 5.92. The Labute approximate surface area is 125 Å². The third kappa shape index (κ3) is 3.41. The smallest absolute Gasteiger partial charge is 0.224 e. The summed E-state index contributed by atoms with van der Waals surface area (Å²) in [5.74, 6) is 0.0784. The van der Waals surface area contributed by atoms with Gasteiger partial charge in [0, 0.05) is 22.4 Å². The van der Waals surface area contributed by atoms with Crippen molar-refractivity contribution in [2.24, 2.45) is 11.7 Å². The Kier molecular flexibility index (Phi) is 4.55. The second kappa shape index (κ2) is 5.86. The SMILES string of the molecule is CC(C)(CNC(=O)C1CCCCC1(C)N)c1cccs1. The van der Waals surface area contributed by atoms with Crippen LogP contribution in [-0.4, -0.2) is 18.0 Å². The van der Waals surface area contributed by atoms with E-state index in [1.807, 2.05) is 6.92 Å². The van der Waals surface area contributed by atoms with Crippen molar-refractivity contribution in [2.45, 2.75) is 57.4 Å². The van der Waals surface area contributed by atoms with Crippen LogP contribution in [0.5, 0.6) is 0 Å². The summed E-state index contributed by atoms with van der Waals surface area (Å²) in [5, 5.41) is 5.20. The van der Waals surface area contributed by atoms with E-state index in [0.717, 1.165) is 25.7 Å². The van der Waals surface area contributed by atoms with E-state index in [2.05, 4.69) is 36.7 Å². The molecule has 1 aliphatic carbocycles. The largest absolute Gasteiger partial charge is 0.355 e. The first-order valence-electron chi connectivity index (χ1n) is 7.43. The molecule has 20 heavy (non-hydrogen) atoms. The Balaban J connectivity index is 1.95. The standard InChI is InChI=1S/C16H26N2OS/c1-15(2,13-8-6-10-20-13)11-18-14(19)12-7-4-5-9-16(12,3)17/h6,8,10,12H,4-5,7,9,11,17H2,1-3H3,(H,18,19). The zero-order valence-electron chi connectivity index (χ0n) is 12.7. The van der Waals surface area contributed by atoms with Crippen LogP contribution in [0.15, 0.2) is 17.5 Å². The molecule has 2 rings (SSSR count). The molecule has 0 aliphatic heterocycles. The fourth-order valence-corrected chi connectivity index (χ4v) is 3.82. The predicted octanol–water partition coefficient (Wildman–Crippen LogP) is 3.05. The summed E-state index contributed by atoms with van der Waals surface area (Å²) < 4.78 is 0. The molecular weight excluding hydrogens is 268 g/mol. The number of hydrogen-bond acceptors (Lipinski definition) is 3. The van der Waals surface area contributed by atoms with Gasteiger partial charge in [-0.25, -0.2) is 0 Å². The fraction of sp³-hybridized carbons (Fsp3) is 0.688. The van der Waals surface area contributed by atoms with Gasteiger partial charge >= 0.3 is 0 Å². The minimum Gasteiger partial charge on any atom is -0.355 e. The van der Waals surface area contributed by atoms with Crippen molar-refractivity contribution >= 4 is 17.2 Å². The van der Waals surface area contributed by atoms with E-state index >= 15 is 0 Å². The number of nitrogens with one attached hydrogen (secondary N) is 1. The quantitative estimate of drug-likeness (QED) is 0.896. The Morgan fingerprint density at radius 3 is 2.90 bits per heavy atom. The summed E-state index contributed by atoms with van der Waals surface area (Å²) in [6.45, 7) is 7.02. The molecule has 0 aromatic carbocycles. The molecule has 1 saturated carbocycles. The van der Waals surface area contributed by atoms with Crippen LogP contribution in [0, 0.1) is 5.92 Å². The molecule has 1 heterocycles. The second-order valence-electron chi connectivity index (χ2n) is 6.88. The summed E-state index contributed by atoms with van der Waals surface area (Å²) in [6.07, 6.45) is 4.11. The Morgan fingerprint density at radius 1 is 1.55 bits per heavy atom. The van der Waals surface area contributed by atoms with Crippen molar-refractivity contribution in [3.05, 3.63) is 22.4 Å². The van der Waals surface area contributed by atoms with E-state index in [4.69, 9.17) is 5.73 Å². The molecule has 3 N–H and O–H groups in total. The van der Waals surface area contributed by atoms with Gasteiger partial charge in [0.05, 0.1) is 5.92 Å². The van der Waals surface area contributed by atoms with Crippen LogP contribution < -0.4 is 11.1 Å². The molecule has 2 unspecified atom stereocenters. The predicted molar refractivity (Wildman–Crippen MR) is 84.9 cm³/mol. The molecule has 1 aliphatic rings. The lowest BCUT2D eigenvalue weighted by Crippen LogP contribution is -2.53. The highest BCUT2D eigenvalue weighted by atomic mass is 32.1. The van der Waals surface area contributed by atoms with Crippen LogP contribution in [-0.2, 0) is 10.2 Å². The average molecular weight is 294 g/mol. The van der Waals surface area contributed by atoms with Gasteiger partial charge in [0.1, 0.15) is 0 Å². The minimum absolute atomic E-state index is 0.0243. The highest BCUT2D eigenvalue weighted by molar-refractivity contribution is 7.10. The van der Waals surface area contributed by atoms with Gasteiger partial charge in [-0.2, -0.15) is 0 Å².